The van der Waals surface area contributed by atoms with E-state index < -0.39 is 11.9 Å². The summed E-state index contributed by atoms with van der Waals surface area (Å²) in [7, 11) is 0. The van der Waals surface area contributed by atoms with Gasteiger partial charge in [-0.3, -0.25) is 4.79 Å². The van der Waals surface area contributed by atoms with Crippen LogP contribution >= 0.6 is 0 Å². The van der Waals surface area contributed by atoms with Crippen molar-refractivity contribution in [2.45, 2.75) is 12.5 Å². The maximum Gasteiger partial charge on any atom is 0.309 e. The van der Waals surface area contributed by atoms with Crippen LogP contribution in [0.15, 0.2) is 23.0 Å². The minimum atomic E-state index is -0.802. The third-order valence-corrected chi connectivity index (χ3v) is 2.28. The molecule has 0 amide bonds. The van der Waals surface area contributed by atoms with Crippen LogP contribution in [0.25, 0.3) is 0 Å². The molecule has 2 unspecified atom stereocenters. The van der Waals surface area contributed by atoms with Crippen molar-refractivity contribution in [2.75, 3.05) is 6.61 Å². The Morgan fingerprint density at radius 2 is 2.46 bits per heavy atom. The Morgan fingerprint density at radius 1 is 1.62 bits per heavy atom. The van der Waals surface area contributed by atoms with Gasteiger partial charge in [-0.1, -0.05) is 0 Å². The second-order valence-electron chi connectivity index (χ2n) is 3.08. The van der Waals surface area contributed by atoms with E-state index in [1.54, 1.807) is 6.07 Å². The van der Waals surface area contributed by atoms with Crippen molar-refractivity contribution >= 4 is 5.97 Å². The monoisotopic (exact) mass is 182 g/mol. The van der Waals surface area contributed by atoms with Crippen molar-refractivity contribution in [3.8, 4) is 0 Å². The van der Waals surface area contributed by atoms with Crippen molar-refractivity contribution in [1.82, 2.24) is 0 Å². The van der Waals surface area contributed by atoms with Crippen molar-refractivity contribution in [3.63, 3.8) is 0 Å². The van der Waals surface area contributed by atoms with E-state index in [0.717, 1.165) is 5.56 Å². The molecule has 1 N–H and O–H groups in total. The first-order valence-electron chi connectivity index (χ1n) is 4.15. The number of hydrogen-bond donors (Lipinski definition) is 1. The summed E-state index contributed by atoms with van der Waals surface area (Å²) in [6.07, 6.45) is 3.30. The fraction of sp³-hybridized carbons (Fsp3) is 0.444. The lowest BCUT2D eigenvalue weighted by molar-refractivity contribution is -0.143. The summed E-state index contributed by atoms with van der Waals surface area (Å²) in [4.78, 5) is 10.8. The summed E-state index contributed by atoms with van der Waals surface area (Å²) >= 11 is 0. The first-order chi connectivity index (χ1) is 6.29. The quantitative estimate of drug-likeness (QED) is 0.751. The summed E-state index contributed by atoms with van der Waals surface area (Å²) in [5, 5.41) is 8.87. The average molecular weight is 182 g/mol. The van der Waals surface area contributed by atoms with Crippen LogP contribution in [0.4, 0.5) is 0 Å². The topological polar surface area (TPSA) is 59.7 Å². The van der Waals surface area contributed by atoms with Gasteiger partial charge in [-0.25, -0.2) is 0 Å². The molecule has 1 aliphatic rings. The fourth-order valence-corrected chi connectivity index (χ4v) is 1.61. The lowest BCUT2D eigenvalue weighted by Gasteiger charge is -2.11. The minimum absolute atomic E-state index is 0.337. The Kier molecular flexibility index (Phi) is 2.06. The molecular formula is C9H10O4. The van der Waals surface area contributed by atoms with Crippen LogP contribution in [0.3, 0.4) is 0 Å². The van der Waals surface area contributed by atoms with Crippen molar-refractivity contribution in [1.29, 1.82) is 0 Å². The molecule has 2 rings (SSSR count). The molecule has 0 saturated carbocycles. The predicted molar refractivity (Wildman–Crippen MR) is 43.1 cm³/mol. The molecule has 2 heterocycles. The number of furan rings is 1. The number of carbonyl (C=O) groups is 1. The molecule has 1 fully saturated rings. The van der Waals surface area contributed by atoms with Gasteiger partial charge in [0.05, 0.1) is 24.5 Å². The normalized spacial score (nSPS) is 27.7. The Hall–Kier alpha value is -1.29. The number of hydrogen-bond acceptors (Lipinski definition) is 3. The molecule has 1 saturated heterocycles. The Balaban J connectivity index is 2.19. The molecule has 0 bridgehead atoms. The molecule has 4 nitrogen and oxygen atoms in total. The van der Waals surface area contributed by atoms with Crippen LogP contribution < -0.4 is 0 Å². The molecule has 2 atom stereocenters. The van der Waals surface area contributed by atoms with Crippen LogP contribution in [0.2, 0.25) is 0 Å². The van der Waals surface area contributed by atoms with Crippen LogP contribution in [0.5, 0.6) is 0 Å². The van der Waals surface area contributed by atoms with E-state index in [2.05, 4.69) is 0 Å². The molecule has 1 aromatic rings. The van der Waals surface area contributed by atoms with Gasteiger partial charge in [0.2, 0.25) is 0 Å². The van der Waals surface area contributed by atoms with Gasteiger partial charge < -0.3 is 14.3 Å². The minimum Gasteiger partial charge on any atom is -0.481 e. The summed E-state index contributed by atoms with van der Waals surface area (Å²) in [5.74, 6) is -1.23. The highest BCUT2D eigenvalue weighted by Crippen LogP contribution is 2.34. The number of ether oxygens (including phenoxy) is 1. The van der Waals surface area contributed by atoms with E-state index in [4.69, 9.17) is 14.3 Å². The van der Waals surface area contributed by atoms with E-state index in [-0.39, 0.29) is 6.10 Å². The Bertz CT molecular complexity index is 291. The summed E-state index contributed by atoms with van der Waals surface area (Å²) < 4.78 is 10.2. The molecule has 4 heteroatoms. The summed E-state index contributed by atoms with van der Waals surface area (Å²) in [5.41, 5.74) is 0.810. The van der Waals surface area contributed by atoms with Crippen LogP contribution in [-0.4, -0.2) is 17.7 Å². The van der Waals surface area contributed by atoms with Crippen molar-refractivity contribution < 1.29 is 19.1 Å². The van der Waals surface area contributed by atoms with Gasteiger partial charge in [-0.2, -0.15) is 0 Å². The second-order valence-corrected chi connectivity index (χ2v) is 3.08. The first-order valence-corrected chi connectivity index (χ1v) is 4.15. The Labute approximate surface area is 75.1 Å². The fourth-order valence-electron chi connectivity index (χ4n) is 1.61. The molecule has 1 aromatic heterocycles. The predicted octanol–water partition coefficient (Wildman–Crippen LogP) is 1.44. The lowest BCUT2D eigenvalue weighted by Crippen LogP contribution is -2.16. The highest BCUT2D eigenvalue weighted by Gasteiger charge is 2.35. The summed E-state index contributed by atoms with van der Waals surface area (Å²) in [6.45, 7) is 0.507. The summed E-state index contributed by atoms with van der Waals surface area (Å²) in [6, 6.07) is 1.74. The molecule has 13 heavy (non-hydrogen) atoms. The molecule has 0 radical (unpaired) electrons. The van der Waals surface area contributed by atoms with Crippen molar-refractivity contribution in [3.05, 3.63) is 24.2 Å². The highest BCUT2D eigenvalue weighted by atomic mass is 16.5. The van der Waals surface area contributed by atoms with E-state index >= 15 is 0 Å². The zero-order chi connectivity index (χ0) is 9.26. The third-order valence-electron chi connectivity index (χ3n) is 2.28. The molecule has 0 aromatic carbocycles. The largest absolute Gasteiger partial charge is 0.481 e. The van der Waals surface area contributed by atoms with E-state index in [1.165, 1.54) is 12.5 Å². The van der Waals surface area contributed by atoms with Crippen LogP contribution in [0.1, 0.15) is 18.1 Å². The van der Waals surface area contributed by atoms with Gasteiger partial charge in [-0.05, 0) is 12.5 Å². The Morgan fingerprint density at radius 3 is 3.08 bits per heavy atom. The van der Waals surface area contributed by atoms with Gasteiger partial charge in [0, 0.05) is 12.2 Å². The first kappa shape index (κ1) is 8.31. The number of carboxylic acids is 1. The van der Waals surface area contributed by atoms with Gasteiger partial charge in [0.25, 0.3) is 0 Å². The van der Waals surface area contributed by atoms with Crippen LogP contribution in [0, 0.1) is 5.92 Å². The molecule has 1 aliphatic heterocycles. The van der Waals surface area contributed by atoms with Gasteiger partial charge in [0.1, 0.15) is 0 Å². The molecule has 0 aliphatic carbocycles. The zero-order valence-corrected chi connectivity index (χ0v) is 6.97. The van der Waals surface area contributed by atoms with Crippen molar-refractivity contribution in [2.24, 2.45) is 5.92 Å². The third kappa shape index (κ3) is 1.45. The van der Waals surface area contributed by atoms with Gasteiger partial charge in [-0.15, -0.1) is 0 Å². The van der Waals surface area contributed by atoms with Gasteiger partial charge >= 0.3 is 5.97 Å². The molecule has 0 spiro atoms. The molecule has 70 valence electrons. The van der Waals surface area contributed by atoms with E-state index in [1.807, 2.05) is 0 Å². The van der Waals surface area contributed by atoms with E-state index in [0.29, 0.717) is 13.0 Å². The van der Waals surface area contributed by atoms with Crippen LogP contribution in [-0.2, 0) is 9.53 Å². The maximum absolute atomic E-state index is 10.8. The van der Waals surface area contributed by atoms with Gasteiger partial charge in [0.15, 0.2) is 0 Å². The zero-order valence-electron chi connectivity index (χ0n) is 6.97. The number of rotatable bonds is 2. The number of carboxylic acid groups (broad SMARTS) is 1. The SMILES string of the molecule is O=C(O)C1CCOC1c1ccoc1. The molecular weight excluding hydrogens is 172 g/mol. The highest BCUT2D eigenvalue weighted by molar-refractivity contribution is 5.71. The standard InChI is InChI=1S/C9H10O4/c10-9(11)7-2-4-13-8(7)6-1-3-12-5-6/h1,3,5,7-8H,2,4H2,(H,10,11). The smallest absolute Gasteiger partial charge is 0.309 e. The average Bonchev–Trinajstić information content (AvgIpc) is 2.74. The number of aliphatic carboxylic acids is 1. The second kappa shape index (κ2) is 3.22. The lowest BCUT2D eigenvalue weighted by atomic mass is 9.98. The maximum atomic E-state index is 10.8. The van der Waals surface area contributed by atoms with E-state index in [9.17, 15) is 4.79 Å².